The Morgan fingerprint density at radius 3 is 2.15 bits per heavy atom. The third-order valence-electron chi connectivity index (χ3n) is 1.96. The van der Waals surface area contributed by atoms with Gasteiger partial charge in [0.15, 0.2) is 0 Å². The van der Waals surface area contributed by atoms with Crippen LogP contribution in [0.25, 0.3) is 0 Å². The highest BCUT2D eigenvalue weighted by molar-refractivity contribution is 6.47. The van der Waals surface area contributed by atoms with E-state index in [9.17, 15) is 0 Å². The van der Waals surface area contributed by atoms with E-state index in [-0.39, 0.29) is 0 Å². The summed E-state index contributed by atoms with van der Waals surface area (Å²) in [5.74, 6) is 0.809. The van der Waals surface area contributed by atoms with Gasteiger partial charge >= 0.3 is 0 Å². The Labute approximate surface area is 88.6 Å². The van der Waals surface area contributed by atoms with Crippen molar-refractivity contribution in [3.63, 3.8) is 0 Å². The summed E-state index contributed by atoms with van der Waals surface area (Å²) in [5, 5.41) is 0. The molecule has 1 nitrogen and oxygen atoms in total. The molecule has 0 unspecified atom stereocenters. The van der Waals surface area contributed by atoms with Gasteiger partial charge in [-0.25, -0.2) is 0 Å². The van der Waals surface area contributed by atoms with Gasteiger partial charge in [-0.05, 0) is 24.1 Å². The summed E-state index contributed by atoms with van der Waals surface area (Å²) in [4.78, 5) is 0. The number of ether oxygens (including phenoxy) is 1. The van der Waals surface area contributed by atoms with Crippen molar-refractivity contribution in [2.24, 2.45) is 0 Å². The van der Waals surface area contributed by atoms with Crippen molar-refractivity contribution >= 4 is 23.2 Å². The van der Waals surface area contributed by atoms with Crippen LogP contribution in [-0.4, -0.2) is 7.11 Å². The topological polar surface area (TPSA) is 9.23 Å². The van der Waals surface area contributed by atoms with Crippen LogP contribution in [0.3, 0.4) is 0 Å². The Balaban J connectivity index is 2.92. The number of rotatable bonds is 3. The van der Waals surface area contributed by atoms with E-state index in [2.05, 4.69) is 0 Å². The molecule has 1 aromatic rings. The molecule has 0 bridgehead atoms. The smallest absolute Gasteiger partial charge is 0.142 e. The maximum Gasteiger partial charge on any atom is 0.142 e. The van der Waals surface area contributed by atoms with Crippen molar-refractivity contribution in [3.8, 4) is 5.75 Å². The average molecular weight is 219 g/mol. The number of benzene rings is 1. The Kier molecular flexibility index (Phi) is 3.46. The number of methoxy groups -OCH3 is 1. The molecular formula is C10H12Cl2O. The van der Waals surface area contributed by atoms with Gasteiger partial charge in [-0.15, -0.1) is 0 Å². The van der Waals surface area contributed by atoms with Gasteiger partial charge in [0.05, 0.1) is 7.11 Å². The first kappa shape index (κ1) is 10.7. The minimum atomic E-state index is -0.785. The molecule has 0 radical (unpaired) electrons. The minimum absolute atomic E-state index is 0.683. The van der Waals surface area contributed by atoms with Crippen molar-refractivity contribution in [2.75, 3.05) is 7.11 Å². The van der Waals surface area contributed by atoms with Gasteiger partial charge in [-0.2, -0.15) is 0 Å². The molecule has 72 valence electrons. The van der Waals surface area contributed by atoms with Crippen molar-refractivity contribution in [1.82, 2.24) is 0 Å². The van der Waals surface area contributed by atoms with Crippen LogP contribution in [0.1, 0.15) is 18.9 Å². The minimum Gasteiger partial charge on any atom is -0.497 e. The van der Waals surface area contributed by atoms with Crippen molar-refractivity contribution < 1.29 is 4.74 Å². The second kappa shape index (κ2) is 4.21. The molecule has 1 aromatic carbocycles. The molecule has 1 rings (SSSR count). The summed E-state index contributed by atoms with van der Waals surface area (Å²) < 4.78 is 4.24. The second-order valence-corrected chi connectivity index (χ2v) is 4.27. The fourth-order valence-electron chi connectivity index (χ4n) is 1.04. The van der Waals surface area contributed by atoms with Crippen LogP contribution in [0, 0.1) is 0 Å². The Hall–Kier alpha value is -0.400. The van der Waals surface area contributed by atoms with E-state index in [1.807, 2.05) is 31.2 Å². The SMILES string of the molecule is CCC(Cl)(Cl)c1ccc(OC)cc1. The van der Waals surface area contributed by atoms with E-state index >= 15 is 0 Å². The molecular weight excluding hydrogens is 207 g/mol. The first-order chi connectivity index (χ1) is 6.10. The zero-order chi connectivity index (χ0) is 9.90. The Morgan fingerprint density at radius 1 is 1.23 bits per heavy atom. The summed E-state index contributed by atoms with van der Waals surface area (Å²) >= 11 is 12.1. The maximum atomic E-state index is 6.07. The van der Waals surface area contributed by atoms with Crippen LogP contribution in [0.15, 0.2) is 24.3 Å². The van der Waals surface area contributed by atoms with Gasteiger partial charge in [-0.1, -0.05) is 42.3 Å². The number of alkyl halides is 2. The van der Waals surface area contributed by atoms with Crippen molar-refractivity contribution in [2.45, 2.75) is 17.7 Å². The molecule has 13 heavy (non-hydrogen) atoms. The highest BCUT2D eigenvalue weighted by atomic mass is 35.5. The zero-order valence-corrected chi connectivity index (χ0v) is 9.19. The Bertz CT molecular complexity index is 267. The lowest BCUT2D eigenvalue weighted by Crippen LogP contribution is -2.07. The van der Waals surface area contributed by atoms with Gasteiger partial charge in [0.25, 0.3) is 0 Å². The lowest BCUT2D eigenvalue weighted by Gasteiger charge is -2.17. The molecule has 0 atom stereocenters. The molecule has 0 aliphatic rings. The van der Waals surface area contributed by atoms with E-state index < -0.39 is 4.33 Å². The molecule has 0 aliphatic heterocycles. The zero-order valence-electron chi connectivity index (χ0n) is 7.68. The highest BCUT2D eigenvalue weighted by Gasteiger charge is 2.23. The van der Waals surface area contributed by atoms with Crippen LogP contribution < -0.4 is 4.74 Å². The van der Waals surface area contributed by atoms with Crippen LogP contribution in [-0.2, 0) is 4.33 Å². The molecule has 0 amide bonds. The Morgan fingerprint density at radius 2 is 1.77 bits per heavy atom. The standard InChI is InChI=1S/C10H12Cl2O/c1-3-10(11,12)8-4-6-9(13-2)7-5-8/h4-7H,3H2,1-2H3. The van der Waals surface area contributed by atoms with Gasteiger partial charge in [0, 0.05) is 0 Å². The second-order valence-electron chi connectivity index (χ2n) is 2.79. The molecule has 0 saturated heterocycles. The van der Waals surface area contributed by atoms with Crippen molar-refractivity contribution in [1.29, 1.82) is 0 Å². The molecule has 0 fully saturated rings. The molecule has 3 heteroatoms. The number of halogens is 2. The summed E-state index contributed by atoms with van der Waals surface area (Å²) in [6.07, 6.45) is 0.683. The van der Waals surface area contributed by atoms with Gasteiger partial charge < -0.3 is 4.74 Å². The molecule has 0 N–H and O–H groups in total. The quantitative estimate of drug-likeness (QED) is 0.703. The maximum absolute atomic E-state index is 6.07. The lowest BCUT2D eigenvalue weighted by molar-refractivity contribution is 0.414. The third kappa shape index (κ3) is 2.52. The molecule has 0 spiro atoms. The van der Waals surface area contributed by atoms with E-state index in [0.29, 0.717) is 6.42 Å². The van der Waals surface area contributed by atoms with Crippen LogP contribution >= 0.6 is 23.2 Å². The molecule has 0 aromatic heterocycles. The summed E-state index contributed by atoms with van der Waals surface area (Å²) in [5.41, 5.74) is 0.902. The molecule has 0 heterocycles. The summed E-state index contributed by atoms with van der Waals surface area (Å²) in [6, 6.07) is 7.46. The van der Waals surface area contributed by atoms with E-state index in [1.165, 1.54) is 0 Å². The number of hydrogen-bond acceptors (Lipinski definition) is 1. The van der Waals surface area contributed by atoms with E-state index in [0.717, 1.165) is 11.3 Å². The average Bonchev–Trinajstić information content (AvgIpc) is 2.18. The fourth-order valence-corrected chi connectivity index (χ4v) is 1.29. The summed E-state index contributed by atoms with van der Waals surface area (Å²) in [7, 11) is 1.63. The van der Waals surface area contributed by atoms with E-state index in [1.54, 1.807) is 7.11 Å². The van der Waals surface area contributed by atoms with Gasteiger partial charge in [-0.3, -0.25) is 0 Å². The van der Waals surface area contributed by atoms with Gasteiger partial charge in [0.2, 0.25) is 0 Å². The normalized spacial score (nSPS) is 11.4. The van der Waals surface area contributed by atoms with Crippen molar-refractivity contribution in [3.05, 3.63) is 29.8 Å². The third-order valence-corrected chi connectivity index (χ3v) is 2.93. The number of hydrogen-bond donors (Lipinski definition) is 0. The monoisotopic (exact) mass is 218 g/mol. The predicted molar refractivity (Wildman–Crippen MR) is 56.7 cm³/mol. The lowest BCUT2D eigenvalue weighted by atomic mass is 10.1. The predicted octanol–water partition coefficient (Wildman–Crippen LogP) is 3.74. The fraction of sp³-hybridized carbons (Fsp3) is 0.400. The summed E-state index contributed by atoms with van der Waals surface area (Å²) in [6.45, 7) is 1.95. The van der Waals surface area contributed by atoms with Crippen LogP contribution in [0.2, 0.25) is 0 Å². The van der Waals surface area contributed by atoms with Gasteiger partial charge in [0.1, 0.15) is 10.1 Å². The molecule has 0 saturated carbocycles. The van der Waals surface area contributed by atoms with Crippen LogP contribution in [0.4, 0.5) is 0 Å². The first-order valence-corrected chi connectivity index (χ1v) is 4.88. The largest absolute Gasteiger partial charge is 0.497 e. The highest BCUT2D eigenvalue weighted by Crippen LogP contribution is 2.37. The van der Waals surface area contributed by atoms with E-state index in [4.69, 9.17) is 27.9 Å². The molecule has 0 aliphatic carbocycles. The van der Waals surface area contributed by atoms with Crippen LogP contribution in [0.5, 0.6) is 5.75 Å². The first-order valence-electron chi connectivity index (χ1n) is 4.12.